The molecule has 6 aromatic carbocycles. The van der Waals surface area contributed by atoms with Gasteiger partial charge in [-0.15, -0.1) is 11.3 Å². The van der Waals surface area contributed by atoms with Crippen molar-refractivity contribution in [3.05, 3.63) is 186 Å². The molecule has 1 aliphatic carbocycles. The number of aromatic nitrogens is 1. The lowest BCUT2D eigenvalue weighted by Crippen LogP contribution is -2.28. The normalized spacial score (nSPS) is 13.2. The summed E-state index contributed by atoms with van der Waals surface area (Å²) in [6.45, 7) is 0. The number of benzene rings is 6. The van der Waals surface area contributed by atoms with E-state index in [1.165, 1.54) is 75.8 Å². The molecule has 8 aromatic rings. The van der Waals surface area contributed by atoms with Gasteiger partial charge >= 0.3 is 0 Å². The summed E-state index contributed by atoms with van der Waals surface area (Å²) < 4.78 is 2.66. The summed E-state index contributed by atoms with van der Waals surface area (Å²) in [5, 5.41) is 2.68. The fourth-order valence-corrected chi connectivity index (χ4v) is 8.66. The van der Waals surface area contributed by atoms with Gasteiger partial charge in [-0.1, -0.05) is 127 Å². The van der Waals surface area contributed by atoms with Crippen molar-refractivity contribution < 1.29 is 0 Å². The minimum Gasteiger partial charge on any atom is -0.265 e. The molecule has 0 radical (unpaired) electrons. The molecular formula is C42H27NS. The molecule has 1 aliphatic rings. The number of hydrogen-bond donors (Lipinski definition) is 0. The SMILES string of the molecule is c1ccc(C2(c3ccccc3)c3ccccc3-c3c2cc(-c2ccc(-c4ccncc4)cc2)c2sc4ccccc4c32)cc1. The Kier molecular flexibility index (Phi) is 5.66. The van der Waals surface area contributed by atoms with Crippen LogP contribution in [0.5, 0.6) is 0 Å². The lowest BCUT2D eigenvalue weighted by atomic mass is 9.67. The Morgan fingerprint density at radius 3 is 1.80 bits per heavy atom. The summed E-state index contributed by atoms with van der Waals surface area (Å²) in [7, 11) is 0. The molecule has 0 unspecified atom stereocenters. The van der Waals surface area contributed by atoms with Gasteiger partial charge in [-0.3, -0.25) is 4.98 Å². The van der Waals surface area contributed by atoms with E-state index in [9.17, 15) is 0 Å². The van der Waals surface area contributed by atoms with Gasteiger partial charge in [0.15, 0.2) is 0 Å². The first-order chi connectivity index (χ1) is 21.8. The molecule has 0 amide bonds. The van der Waals surface area contributed by atoms with Crippen molar-refractivity contribution >= 4 is 31.5 Å². The number of rotatable bonds is 4. The second kappa shape index (κ2) is 9.87. The first-order valence-corrected chi connectivity index (χ1v) is 15.9. The summed E-state index contributed by atoms with van der Waals surface area (Å²) in [6.07, 6.45) is 3.71. The Hall–Kier alpha value is -5.31. The van der Waals surface area contributed by atoms with Crippen LogP contribution < -0.4 is 0 Å². The lowest BCUT2D eigenvalue weighted by molar-refractivity contribution is 0.769. The average molecular weight is 578 g/mol. The second-order valence-electron chi connectivity index (χ2n) is 11.5. The fraction of sp³-hybridized carbons (Fsp3) is 0.0238. The third kappa shape index (κ3) is 3.55. The van der Waals surface area contributed by atoms with Crippen molar-refractivity contribution in [2.75, 3.05) is 0 Å². The highest BCUT2D eigenvalue weighted by atomic mass is 32.1. The third-order valence-corrected chi connectivity index (χ3v) is 10.5. The van der Waals surface area contributed by atoms with Crippen LogP contribution in [0.1, 0.15) is 22.3 Å². The molecule has 0 saturated heterocycles. The van der Waals surface area contributed by atoms with E-state index in [0.29, 0.717) is 0 Å². The van der Waals surface area contributed by atoms with Crippen molar-refractivity contribution in [2.45, 2.75) is 5.41 Å². The zero-order chi connectivity index (χ0) is 29.1. The molecule has 0 N–H and O–H groups in total. The summed E-state index contributed by atoms with van der Waals surface area (Å²) in [5.74, 6) is 0. The summed E-state index contributed by atoms with van der Waals surface area (Å²) in [5.41, 5.74) is 12.4. The van der Waals surface area contributed by atoms with Gasteiger partial charge in [0, 0.05) is 32.6 Å². The highest BCUT2D eigenvalue weighted by Crippen LogP contribution is 2.60. The van der Waals surface area contributed by atoms with Crippen LogP contribution >= 0.6 is 11.3 Å². The molecule has 0 atom stereocenters. The average Bonchev–Trinajstić information content (AvgIpc) is 3.63. The van der Waals surface area contributed by atoms with Crippen molar-refractivity contribution in [1.82, 2.24) is 4.98 Å². The maximum Gasteiger partial charge on any atom is 0.0714 e. The molecule has 44 heavy (non-hydrogen) atoms. The fourth-order valence-electron chi connectivity index (χ4n) is 7.41. The van der Waals surface area contributed by atoms with E-state index in [4.69, 9.17) is 0 Å². The number of fused-ring (bicyclic) bond motifs is 7. The number of thiophene rings is 1. The monoisotopic (exact) mass is 577 g/mol. The molecular weight excluding hydrogens is 551 g/mol. The van der Waals surface area contributed by atoms with Gasteiger partial charge in [-0.05, 0) is 79.9 Å². The lowest BCUT2D eigenvalue weighted by Gasteiger charge is -2.34. The van der Waals surface area contributed by atoms with Crippen LogP contribution in [0.25, 0.3) is 53.6 Å². The van der Waals surface area contributed by atoms with E-state index < -0.39 is 5.41 Å². The van der Waals surface area contributed by atoms with Crippen LogP contribution in [-0.2, 0) is 5.41 Å². The smallest absolute Gasteiger partial charge is 0.0714 e. The summed E-state index contributed by atoms with van der Waals surface area (Å²) >= 11 is 1.91. The van der Waals surface area contributed by atoms with Crippen molar-refractivity contribution in [3.63, 3.8) is 0 Å². The molecule has 206 valence electrons. The molecule has 2 heteroatoms. The van der Waals surface area contributed by atoms with Crippen molar-refractivity contribution in [1.29, 1.82) is 0 Å². The molecule has 2 aromatic heterocycles. The largest absolute Gasteiger partial charge is 0.265 e. The van der Waals surface area contributed by atoms with Crippen LogP contribution in [0, 0.1) is 0 Å². The van der Waals surface area contributed by atoms with E-state index in [1.54, 1.807) is 0 Å². The predicted octanol–water partition coefficient (Wildman–Crippen LogP) is 11.1. The first-order valence-electron chi connectivity index (χ1n) is 15.0. The van der Waals surface area contributed by atoms with Crippen LogP contribution in [-0.4, -0.2) is 4.98 Å². The number of pyridine rings is 1. The van der Waals surface area contributed by atoms with Crippen LogP contribution in [0.15, 0.2) is 164 Å². The van der Waals surface area contributed by atoms with E-state index in [2.05, 4.69) is 157 Å². The highest BCUT2D eigenvalue weighted by molar-refractivity contribution is 7.26. The van der Waals surface area contributed by atoms with Gasteiger partial charge in [0.25, 0.3) is 0 Å². The van der Waals surface area contributed by atoms with Gasteiger partial charge in [0.05, 0.1) is 5.41 Å². The minimum absolute atomic E-state index is 0.447. The van der Waals surface area contributed by atoms with Crippen LogP contribution in [0.4, 0.5) is 0 Å². The van der Waals surface area contributed by atoms with E-state index in [0.717, 1.165) is 0 Å². The molecule has 0 fully saturated rings. The second-order valence-corrected chi connectivity index (χ2v) is 12.5. The first kappa shape index (κ1) is 25.2. The molecule has 0 spiro atoms. The maximum absolute atomic E-state index is 4.21. The van der Waals surface area contributed by atoms with Crippen LogP contribution in [0.3, 0.4) is 0 Å². The van der Waals surface area contributed by atoms with Gasteiger partial charge in [-0.25, -0.2) is 0 Å². The summed E-state index contributed by atoms with van der Waals surface area (Å²) in [4.78, 5) is 4.21. The molecule has 9 rings (SSSR count). The quantitative estimate of drug-likeness (QED) is 0.203. The van der Waals surface area contributed by atoms with Crippen LogP contribution in [0.2, 0.25) is 0 Å². The molecule has 2 heterocycles. The van der Waals surface area contributed by atoms with E-state index in [1.807, 2.05) is 23.7 Å². The summed E-state index contributed by atoms with van der Waals surface area (Å²) in [6, 6.07) is 55.9. The zero-order valence-electron chi connectivity index (χ0n) is 23.9. The Bertz CT molecular complexity index is 2260. The molecule has 0 aliphatic heterocycles. The topological polar surface area (TPSA) is 12.9 Å². The van der Waals surface area contributed by atoms with Gasteiger partial charge in [0.2, 0.25) is 0 Å². The van der Waals surface area contributed by atoms with Crippen molar-refractivity contribution in [3.8, 4) is 33.4 Å². The number of nitrogens with zero attached hydrogens (tertiary/aromatic N) is 1. The van der Waals surface area contributed by atoms with Crippen molar-refractivity contribution in [2.24, 2.45) is 0 Å². The number of hydrogen-bond acceptors (Lipinski definition) is 2. The standard InChI is InChI=1S/C42H27NS/c1-3-11-31(12-4-1)42(32-13-5-2-6-14-32)36-17-9-7-15-33(36)39-37(42)27-35(41-40(39)34-16-8-10-18-38(34)44-41)30-21-19-28(20-22-30)29-23-25-43-26-24-29/h1-27H. The maximum atomic E-state index is 4.21. The molecule has 0 bridgehead atoms. The van der Waals surface area contributed by atoms with E-state index in [-0.39, 0.29) is 0 Å². The van der Waals surface area contributed by atoms with E-state index >= 15 is 0 Å². The Morgan fingerprint density at radius 2 is 1.07 bits per heavy atom. The van der Waals surface area contributed by atoms with Gasteiger partial charge < -0.3 is 0 Å². The minimum atomic E-state index is -0.447. The molecule has 0 saturated carbocycles. The third-order valence-electron chi connectivity index (χ3n) is 9.28. The Morgan fingerprint density at radius 1 is 0.477 bits per heavy atom. The Balaban J connectivity index is 1.43. The highest BCUT2D eigenvalue weighted by Gasteiger charge is 2.47. The predicted molar refractivity (Wildman–Crippen MR) is 185 cm³/mol. The van der Waals surface area contributed by atoms with Gasteiger partial charge in [-0.2, -0.15) is 0 Å². The zero-order valence-corrected chi connectivity index (χ0v) is 24.8. The molecule has 1 nitrogen and oxygen atoms in total. The Labute approximate surface area is 260 Å². The van der Waals surface area contributed by atoms with Gasteiger partial charge in [0.1, 0.15) is 0 Å².